The van der Waals surface area contributed by atoms with Crippen molar-refractivity contribution in [3.8, 4) is 0 Å². The fraction of sp³-hybridized carbons (Fsp3) is 0.364. The second-order valence-corrected chi connectivity index (χ2v) is 5.39. The van der Waals surface area contributed by atoms with E-state index in [2.05, 4.69) is 9.46 Å². The molecular weight excluding hydrogens is 272 g/mol. The van der Waals surface area contributed by atoms with Crippen LogP contribution in [0.2, 0.25) is 0 Å². The third-order valence-corrected chi connectivity index (χ3v) is 2.92. The molecule has 0 aliphatic carbocycles. The summed E-state index contributed by atoms with van der Waals surface area (Å²) in [6, 6.07) is 6.29. The number of anilines is 1. The van der Waals surface area contributed by atoms with E-state index in [0.717, 1.165) is 0 Å². The third-order valence-electron chi connectivity index (χ3n) is 1.99. The quantitative estimate of drug-likeness (QED) is 0.749. The highest BCUT2D eigenvalue weighted by Gasteiger charge is 2.17. The summed E-state index contributed by atoms with van der Waals surface area (Å²) in [6.45, 7) is 2.87. The van der Waals surface area contributed by atoms with Gasteiger partial charge in [0.25, 0.3) is 0 Å². The summed E-state index contributed by atoms with van der Waals surface area (Å²) in [5.74, 6) is 0. The molecule has 0 fully saturated rings. The molecule has 0 spiro atoms. The molecule has 3 N–H and O–H groups in total. The molecule has 1 aromatic rings. The van der Waals surface area contributed by atoms with Gasteiger partial charge in [-0.15, -0.1) is 0 Å². The largest absolute Gasteiger partial charge is 0.446 e. The molecular formula is C11H16N2O5S. The second-order valence-electron chi connectivity index (χ2n) is 3.98. The number of aliphatic hydroxyl groups is 1. The first-order valence-electron chi connectivity index (χ1n) is 5.54. The van der Waals surface area contributed by atoms with Gasteiger partial charge in [-0.1, -0.05) is 18.2 Å². The Labute approximate surface area is 111 Å². The van der Waals surface area contributed by atoms with Crippen molar-refractivity contribution in [1.82, 2.24) is 4.72 Å². The summed E-state index contributed by atoms with van der Waals surface area (Å²) in [5.41, 5.74) is 0.583. The summed E-state index contributed by atoms with van der Waals surface area (Å²) >= 11 is 0. The molecule has 0 aliphatic heterocycles. The Bertz CT molecular complexity index is 542. The summed E-state index contributed by atoms with van der Waals surface area (Å²) in [7, 11) is -4.10. The molecule has 1 amide bonds. The first-order valence-corrected chi connectivity index (χ1v) is 7.02. The second kappa shape index (κ2) is 6.39. The first kappa shape index (κ1) is 15.3. The van der Waals surface area contributed by atoms with Gasteiger partial charge in [0.05, 0.1) is 18.4 Å². The van der Waals surface area contributed by atoms with Crippen molar-refractivity contribution in [2.75, 3.05) is 4.72 Å². The number of para-hydroxylation sites is 1. The van der Waals surface area contributed by atoms with Gasteiger partial charge in [0.15, 0.2) is 0 Å². The van der Waals surface area contributed by atoms with Crippen LogP contribution in [-0.2, 0) is 21.6 Å². The van der Waals surface area contributed by atoms with Gasteiger partial charge < -0.3 is 9.84 Å². The van der Waals surface area contributed by atoms with Crippen molar-refractivity contribution in [2.24, 2.45) is 0 Å². The lowest BCUT2D eigenvalue weighted by Gasteiger charge is -2.13. The smallest absolute Gasteiger partial charge is 0.422 e. The fourth-order valence-corrected chi connectivity index (χ4v) is 2.08. The van der Waals surface area contributed by atoms with Gasteiger partial charge in [0.1, 0.15) is 0 Å². The van der Waals surface area contributed by atoms with Crippen LogP contribution in [0, 0.1) is 0 Å². The molecule has 0 unspecified atom stereocenters. The number of amides is 1. The van der Waals surface area contributed by atoms with Crippen LogP contribution in [0.5, 0.6) is 0 Å². The Morgan fingerprint density at radius 1 is 1.37 bits per heavy atom. The molecule has 0 aromatic heterocycles. The van der Waals surface area contributed by atoms with Gasteiger partial charge >= 0.3 is 16.3 Å². The normalized spacial score (nSPS) is 11.2. The van der Waals surface area contributed by atoms with E-state index in [-0.39, 0.29) is 12.3 Å². The lowest BCUT2D eigenvalue weighted by molar-refractivity contribution is 0.121. The molecule has 0 saturated heterocycles. The number of hydrogen-bond acceptors (Lipinski definition) is 5. The van der Waals surface area contributed by atoms with E-state index in [4.69, 9.17) is 5.11 Å². The summed E-state index contributed by atoms with van der Waals surface area (Å²) in [4.78, 5) is 11.2. The molecule has 19 heavy (non-hydrogen) atoms. The topological polar surface area (TPSA) is 105 Å². The number of carbonyl (C=O) groups excluding carboxylic acids is 1. The molecule has 0 saturated carbocycles. The molecule has 7 nitrogen and oxygen atoms in total. The van der Waals surface area contributed by atoms with E-state index >= 15 is 0 Å². The van der Waals surface area contributed by atoms with Crippen LogP contribution < -0.4 is 9.44 Å². The van der Waals surface area contributed by atoms with Crippen LogP contribution in [0.25, 0.3) is 0 Å². The van der Waals surface area contributed by atoms with E-state index in [1.807, 2.05) is 0 Å². The summed E-state index contributed by atoms with van der Waals surface area (Å²) < 4.78 is 31.8. The van der Waals surface area contributed by atoms with E-state index in [0.29, 0.717) is 5.56 Å². The van der Waals surface area contributed by atoms with Gasteiger partial charge in [0.2, 0.25) is 0 Å². The zero-order valence-corrected chi connectivity index (χ0v) is 11.4. The molecule has 8 heteroatoms. The monoisotopic (exact) mass is 288 g/mol. The Balaban J connectivity index is 2.77. The zero-order chi connectivity index (χ0) is 14.5. The van der Waals surface area contributed by atoms with Crippen LogP contribution in [0.15, 0.2) is 24.3 Å². The maximum Gasteiger partial charge on any atom is 0.422 e. The molecule has 0 atom stereocenters. The summed E-state index contributed by atoms with van der Waals surface area (Å²) in [5, 5.41) is 9.07. The maximum atomic E-state index is 11.7. The van der Waals surface area contributed by atoms with Gasteiger partial charge in [-0.25, -0.2) is 9.52 Å². The van der Waals surface area contributed by atoms with Gasteiger partial charge in [-0.3, -0.25) is 4.72 Å². The molecule has 0 bridgehead atoms. The van der Waals surface area contributed by atoms with Crippen molar-refractivity contribution in [1.29, 1.82) is 0 Å². The highest BCUT2D eigenvalue weighted by atomic mass is 32.2. The van der Waals surface area contributed by atoms with E-state index in [9.17, 15) is 13.2 Å². The highest BCUT2D eigenvalue weighted by molar-refractivity contribution is 7.91. The number of ether oxygens (including phenoxy) is 1. The maximum absolute atomic E-state index is 11.7. The van der Waals surface area contributed by atoms with Crippen LogP contribution in [0.1, 0.15) is 19.4 Å². The molecule has 1 rings (SSSR count). The lowest BCUT2D eigenvalue weighted by Crippen LogP contribution is -2.37. The standard InChI is InChI=1S/C11H16N2O5S/c1-8(2)18-11(15)13-19(16,17)12-10-6-4-3-5-9(10)7-14/h3-6,8,12,14H,7H2,1-2H3,(H,13,15). The Kier molecular flexibility index (Phi) is 5.13. The zero-order valence-electron chi connectivity index (χ0n) is 10.6. The van der Waals surface area contributed by atoms with E-state index < -0.39 is 22.4 Å². The van der Waals surface area contributed by atoms with Crippen molar-refractivity contribution in [3.05, 3.63) is 29.8 Å². The number of rotatable bonds is 5. The number of aliphatic hydroxyl groups excluding tert-OH is 1. The summed E-state index contributed by atoms with van der Waals surface area (Å²) in [6.07, 6.45) is -1.50. The number of benzene rings is 1. The van der Waals surface area contributed by atoms with Gasteiger partial charge in [0, 0.05) is 5.56 Å². The van der Waals surface area contributed by atoms with Crippen LogP contribution >= 0.6 is 0 Å². The lowest BCUT2D eigenvalue weighted by atomic mass is 10.2. The average molecular weight is 288 g/mol. The number of carbonyl (C=O) groups is 1. The molecule has 0 heterocycles. The minimum Gasteiger partial charge on any atom is -0.446 e. The van der Waals surface area contributed by atoms with E-state index in [1.54, 1.807) is 36.8 Å². The van der Waals surface area contributed by atoms with Crippen molar-refractivity contribution in [3.63, 3.8) is 0 Å². The Hall–Kier alpha value is -1.80. The molecule has 0 aliphatic rings. The minimum atomic E-state index is -4.10. The fourth-order valence-electron chi connectivity index (χ4n) is 1.28. The molecule has 106 valence electrons. The van der Waals surface area contributed by atoms with Gasteiger partial charge in [-0.05, 0) is 19.9 Å². The predicted molar refractivity (Wildman–Crippen MR) is 69.7 cm³/mol. The van der Waals surface area contributed by atoms with Crippen molar-refractivity contribution in [2.45, 2.75) is 26.6 Å². The SMILES string of the molecule is CC(C)OC(=O)NS(=O)(=O)Nc1ccccc1CO. The van der Waals surface area contributed by atoms with Crippen molar-refractivity contribution < 1.29 is 23.1 Å². The van der Waals surface area contributed by atoms with E-state index in [1.165, 1.54) is 6.07 Å². The highest BCUT2D eigenvalue weighted by Crippen LogP contribution is 2.15. The number of hydrogen-bond donors (Lipinski definition) is 3. The van der Waals surface area contributed by atoms with Gasteiger partial charge in [-0.2, -0.15) is 8.42 Å². The molecule has 0 radical (unpaired) electrons. The Morgan fingerprint density at radius 3 is 2.58 bits per heavy atom. The first-order chi connectivity index (χ1) is 8.84. The van der Waals surface area contributed by atoms with Crippen LogP contribution in [0.4, 0.5) is 10.5 Å². The minimum absolute atomic E-state index is 0.190. The third kappa shape index (κ3) is 5.14. The predicted octanol–water partition coefficient (Wildman–Crippen LogP) is 0.970. The Morgan fingerprint density at radius 2 is 2.00 bits per heavy atom. The molecule has 1 aromatic carbocycles. The van der Waals surface area contributed by atoms with Crippen LogP contribution in [0.3, 0.4) is 0 Å². The average Bonchev–Trinajstić information content (AvgIpc) is 2.26. The van der Waals surface area contributed by atoms with Crippen molar-refractivity contribution >= 4 is 22.0 Å². The van der Waals surface area contributed by atoms with Crippen LogP contribution in [-0.4, -0.2) is 25.7 Å². The number of nitrogens with one attached hydrogen (secondary N) is 2.